The van der Waals surface area contributed by atoms with Crippen LogP contribution in [0.2, 0.25) is 0 Å². The number of rotatable bonds is 8. The first-order chi connectivity index (χ1) is 14.4. The van der Waals surface area contributed by atoms with E-state index in [9.17, 15) is 17.6 Å². The van der Waals surface area contributed by atoms with Crippen LogP contribution in [0.4, 0.5) is 15.8 Å². The highest BCUT2D eigenvalue weighted by molar-refractivity contribution is 7.99. The second kappa shape index (κ2) is 9.77. The Hall–Kier alpha value is -2.84. The Labute approximate surface area is 180 Å². The third-order valence-electron chi connectivity index (χ3n) is 4.20. The summed E-state index contributed by atoms with van der Waals surface area (Å²) in [6, 6.07) is 20.4. The largest absolute Gasteiger partial charge is 0.323 e. The van der Waals surface area contributed by atoms with Crippen molar-refractivity contribution in [3.63, 3.8) is 0 Å². The SMILES string of the molecule is CCSc1ccccc1NC(=O)CN(c1ccccc1F)S(=O)(=O)c1ccccc1. The lowest BCUT2D eigenvalue weighted by molar-refractivity contribution is -0.114. The fourth-order valence-electron chi connectivity index (χ4n) is 2.84. The van der Waals surface area contributed by atoms with Gasteiger partial charge in [-0.3, -0.25) is 9.10 Å². The number of carbonyl (C=O) groups excluding carboxylic acids is 1. The molecule has 1 N–H and O–H groups in total. The van der Waals surface area contributed by atoms with Crippen LogP contribution in [0.5, 0.6) is 0 Å². The summed E-state index contributed by atoms with van der Waals surface area (Å²) in [4.78, 5) is 13.6. The van der Waals surface area contributed by atoms with Crippen molar-refractivity contribution in [2.75, 3.05) is 21.9 Å². The van der Waals surface area contributed by atoms with Gasteiger partial charge in [0.1, 0.15) is 12.4 Å². The van der Waals surface area contributed by atoms with Crippen molar-refractivity contribution in [1.29, 1.82) is 0 Å². The monoisotopic (exact) mass is 444 g/mol. The van der Waals surface area contributed by atoms with Crippen LogP contribution in [0.15, 0.2) is 88.7 Å². The summed E-state index contributed by atoms with van der Waals surface area (Å²) in [5, 5.41) is 2.75. The molecule has 3 aromatic rings. The fourth-order valence-corrected chi connectivity index (χ4v) is 5.05. The van der Waals surface area contributed by atoms with Gasteiger partial charge in [-0.1, -0.05) is 49.4 Å². The van der Waals surface area contributed by atoms with Crippen molar-refractivity contribution >= 4 is 39.1 Å². The van der Waals surface area contributed by atoms with Gasteiger partial charge in [0.2, 0.25) is 5.91 Å². The molecule has 0 aromatic heterocycles. The van der Waals surface area contributed by atoms with Crippen LogP contribution in [-0.2, 0) is 14.8 Å². The molecule has 30 heavy (non-hydrogen) atoms. The lowest BCUT2D eigenvalue weighted by atomic mass is 10.3. The van der Waals surface area contributed by atoms with Crippen molar-refractivity contribution in [2.24, 2.45) is 0 Å². The van der Waals surface area contributed by atoms with E-state index < -0.39 is 28.3 Å². The molecule has 1 amide bonds. The maximum Gasteiger partial charge on any atom is 0.264 e. The van der Waals surface area contributed by atoms with E-state index in [1.807, 2.05) is 19.1 Å². The Morgan fingerprint density at radius 3 is 2.30 bits per heavy atom. The molecule has 0 saturated heterocycles. The minimum atomic E-state index is -4.16. The maximum absolute atomic E-state index is 14.5. The zero-order chi connectivity index (χ0) is 21.6. The number of hydrogen-bond acceptors (Lipinski definition) is 4. The molecule has 0 spiro atoms. The molecular weight excluding hydrogens is 423 g/mol. The van der Waals surface area contributed by atoms with Gasteiger partial charge in [-0.2, -0.15) is 0 Å². The molecule has 156 valence electrons. The molecule has 0 heterocycles. The van der Waals surface area contributed by atoms with Crippen LogP contribution in [0.3, 0.4) is 0 Å². The molecule has 0 saturated carbocycles. The van der Waals surface area contributed by atoms with Gasteiger partial charge in [0, 0.05) is 4.90 Å². The third-order valence-corrected chi connectivity index (χ3v) is 6.93. The summed E-state index contributed by atoms with van der Waals surface area (Å²) in [5.41, 5.74) is 0.396. The van der Waals surface area contributed by atoms with Gasteiger partial charge in [0.05, 0.1) is 16.3 Å². The minimum absolute atomic E-state index is 0.0250. The molecule has 0 unspecified atom stereocenters. The molecule has 0 bridgehead atoms. The van der Waals surface area contributed by atoms with Crippen LogP contribution >= 0.6 is 11.8 Å². The van der Waals surface area contributed by atoms with Crippen molar-refractivity contribution in [1.82, 2.24) is 0 Å². The fraction of sp³-hybridized carbons (Fsp3) is 0.136. The predicted octanol–water partition coefficient (Wildman–Crippen LogP) is 4.77. The highest BCUT2D eigenvalue weighted by Gasteiger charge is 2.29. The molecule has 8 heteroatoms. The molecule has 0 aliphatic rings. The Bertz CT molecular complexity index is 1120. The van der Waals surface area contributed by atoms with Gasteiger partial charge in [0.15, 0.2) is 0 Å². The smallest absolute Gasteiger partial charge is 0.264 e. The van der Waals surface area contributed by atoms with Gasteiger partial charge in [-0.15, -0.1) is 11.8 Å². The van der Waals surface area contributed by atoms with Crippen LogP contribution in [0.25, 0.3) is 0 Å². The van der Waals surface area contributed by atoms with Gasteiger partial charge >= 0.3 is 0 Å². The lowest BCUT2D eigenvalue weighted by Crippen LogP contribution is -2.38. The Kier molecular flexibility index (Phi) is 7.12. The van der Waals surface area contributed by atoms with Crippen LogP contribution in [0.1, 0.15) is 6.92 Å². The Morgan fingerprint density at radius 1 is 0.967 bits per heavy atom. The summed E-state index contributed by atoms with van der Waals surface area (Å²) in [5.74, 6) is -0.481. The molecule has 5 nitrogen and oxygen atoms in total. The number of benzene rings is 3. The normalized spacial score (nSPS) is 11.1. The second-order valence-corrected chi connectivity index (χ2v) is 9.42. The number of hydrogen-bond donors (Lipinski definition) is 1. The van der Waals surface area contributed by atoms with Crippen molar-refractivity contribution in [2.45, 2.75) is 16.7 Å². The zero-order valence-corrected chi connectivity index (χ0v) is 17.9. The van der Waals surface area contributed by atoms with Crippen LogP contribution in [-0.4, -0.2) is 26.6 Å². The van der Waals surface area contributed by atoms with Gasteiger partial charge in [-0.05, 0) is 42.2 Å². The summed E-state index contributed by atoms with van der Waals surface area (Å²) in [6.07, 6.45) is 0. The first kappa shape index (κ1) is 21.9. The third kappa shape index (κ3) is 5.01. The first-order valence-electron chi connectivity index (χ1n) is 9.27. The van der Waals surface area contributed by atoms with E-state index in [4.69, 9.17) is 0 Å². The highest BCUT2D eigenvalue weighted by Crippen LogP contribution is 2.28. The van der Waals surface area contributed by atoms with E-state index >= 15 is 0 Å². The average Bonchev–Trinajstić information content (AvgIpc) is 2.75. The molecule has 0 aliphatic carbocycles. The van der Waals surface area contributed by atoms with Crippen LogP contribution < -0.4 is 9.62 Å². The number of amides is 1. The quantitative estimate of drug-likeness (QED) is 0.508. The molecule has 3 aromatic carbocycles. The molecule has 0 fully saturated rings. The van der Waals surface area contributed by atoms with E-state index in [-0.39, 0.29) is 10.6 Å². The number of halogens is 1. The standard InChI is InChI=1S/C22H21FN2O3S2/c1-2-29-21-15-9-7-13-19(21)24-22(26)16-25(20-14-8-6-12-18(20)23)30(27,28)17-10-4-3-5-11-17/h3-15H,2,16H2,1H3,(H,24,26). The minimum Gasteiger partial charge on any atom is -0.323 e. The zero-order valence-electron chi connectivity index (χ0n) is 16.3. The molecule has 0 aliphatic heterocycles. The molecule has 0 atom stereocenters. The summed E-state index contributed by atoms with van der Waals surface area (Å²) < 4.78 is 41.7. The highest BCUT2D eigenvalue weighted by atomic mass is 32.2. The first-order valence-corrected chi connectivity index (χ1v) is 11.7. The number of para-hydroxylation sites is 2. The number of nitrogens with zero attached hydrogens (tertiary/aromatic N) is 1. The van der Waals surface area contributed by atoms with Gasteiger partial charge in [-0.25, -0.2) is 12.8 Å². The van der Waals surface area contributed by atoms with E-state index in [2.05, 4.69) is 5.32 Å². The molecular formula is C22H21FN2O3S2. The number of sulfonamides is 1. The molecule has 3 rings (SSSR count). The Morgan fingerprint density at radius 2 is 1.60 bits per heavy atom. The van der Waals surface area contributed by atoms with Crippen molar-refractivity contribution in [3.8, 4) is 0 Å². The van der Waals surface area contributed by atoms with E-state index in [1.54, 1.807) is 42.1 Å². The topological polar surface area (TPSA) is 66.5 Å². The van der Waals surface area contributed by atoms with Crippen LogP contribution in [0, 0.1) is 5.82 Å². The predicted molar refractivity (Wildman–Crippen MR) is 119 cm³/mol. The number of thioether (sulfide) groups is 1. The van der Waals surface area contributed by atoms with E-state index in [0.717, 1.165) is 21.0 Å². The van der Waals surface area contributed by atoms with Gasteiger partial charge in [0.25, 0.3) is 10.0 Å². The van der Waals surface area contributed by atoms with E-state index in [1.165, 1.54) is 30.3 Å². The summed E-state index contributed by atoms with van der Waals surface area (Å²) in [7, 11) is -4.16. The number of nitrogens with one attached hydrogen (secondary N) is 1. The average molecular weight is 445 g/mol. The maximum atomic E-state index is 14.5. The number of carbonyl (C=O) groups is 1. The molecule has 0 radical (unpaired) electrons. The summed E-state index contributed by atoms with van der Waals surface area (Å²) >= 11 is 1.56. The Balaban J connectivity index is 1.94. The van der Waals surface area contributed by atoms with Gasteiger partial charge < -0.3 is 5.32 Å². The lowest BCUT2D eigenvalue weighted by Gasteiger charge is -2.24. The van der Waals surface area contributed by atoms with E-state index in [0.29, 0.717) is 5.69 Å². The summed E-state index contributed by atoms with van der Waals surface area (Å²) in [6.45, 7) is 1.43. The number of anilines is 2. The van der Waals surface area contributed by atoms with Crippen molar-refractivity contribution < 1.29 is 17.6 Å². The second-order valence-electron chi connectivity index (χ2n) is 6.25. The van der Waals surface area contributed by atoms with Crippen molar-refractivity contribution in [3.05, 3.63) is 84.7 Å².